The first-order valence-electron chi connectivity index (χ1n) is 10.5. The number of hydrogen-bond donors (Lipinski definition) is 0. The van der Waals surface area contributed by atoms with Crippen LogP contribution in [0.3, 0.4) is 0 Å². The molecule has 1 saturated heterocycles. The van der Waals surface area contributed by atoms with Crippen molar-refractivity contribution in [3.63, 3.8) is 0 Å². The molecule has 6 nitrogen and oxygen atoms in total. The molecule has 0 aliphatic carbocycles. The molecule has 2 aliphatic rings. The second-order valence-corrected chi connectivity index (χ2v) is 9.18. The van der Waals surface area contributed by atoms with Crippen molar-refractivity contribution in [2.24, 2.45) is 5.92 Å². The normalized spacial score (nSPS) is 19.8. The van der Waals surface area contributed by atoms with E-state index in [-0.39, 0.29) is 5.56 Å². The monoisotopic (exact) mass is 427 g/mol. The summed E-state index contributed by atoms with van der Waals surface area (Å²) in [6.07, 6.45) is 4.82. The minimum atomic E-state index is 0.108. The van der Waals surface area contributed by atoms with Gasteiger partial charge in [-0.3, -0.25) is 9.78 Å². The van der Waals surface area contributed by atoms with Crippen LogP contribution in [0.2, 0.25) is 0 Å². The van der Waals surface area contributed by atoms with Crippen LogP contribution in [0.5, 0.6) is 0 Å². The summed E-state index contributed by atoms with van der Waals surface area (Å²) in [5.74, 6) is 1.51. The first-order valence-corrected chi connectivity index (χ1v) is 11.4. The Labute approximate surface area is 183 Å². The van der Waals surface area contributed by atoms with Gasteiger partial charge in [0.25, 0.3) is 5.56 Å². The highest BCUT2D eigenvalue weighted by Crippen LogP contribution is 2.38. The van der Waals surface area contributed by atoms with Crippen LogP contribution in [-0.2, 0) is 6.54 Å². The van der Waals surface area contributed by atoms with Crippen molar-refractivity contribution in [1.82, 2.24) is 19.5 Å². The molecule has 2 atom stereocenters. The van der Waals surface area contributed by atoms with E-state index in [9.17, 15) is 4.79 Å². The minimum absolute atomic E-state index is 0.108. The highest BCUT2D eigenvalue weighted by molar-refractivity contribution is 7.13. The van der Waals surface area contributed by atoms with Crippen molar-refractivity contribution in [1.29, 1.82) is 0 Å². The Balaban J connectivity index is 1.39. The standard InChI is InChI=1S/C24H21N5OS/c30-22-8-3-6-20-17-11-16(14-29(20)22)13-28(15-17)24-26-12-18(19-5-1-2-9-25-19)23(27-24)21-7-4-10-31-21/h1-10,12,16-17H,11,13-15H2. The summed E-state index contributed by atoms with van der Waals surface area (Å²) in [6, 6.07) is 15.7. The second-order valence-electron chi connectivity index (χ2n) is 8.23. The van der Waals surface area contributed by atoms with Gasteiger partial charge in [0.05, 0.1) is 16.3 Å². The number of aromatic nitrogens is 4. The average molecular weight is 428 g/mol. The van der Waals surface area contributed by atoms with Gasteiger partial charge >= 0.3 is 0 Å². The zero-order valence-electron chi connectivity index (χ0n) is 16.9. The van der Waals surface area contributed by atoms with Crippen molar-refractivity contribution in [2.45, 2.75) is 18.9 Å². The highest BCUT2D eigenvalue weighted by atomic mass is 32.1. The zero-order chi connectivity index (χ0) is 20.8. The van der Waals surface area contributed by atoms with Gasteiger partial charge in [0.2, 0.25) is 5.95 Å². The van der Waals surface area contributed by atoms with E-state index < -0.39 is 0 Å². The third-order valence-electron chi connectivity index (χ3n) is 6.23. The molecule has 2 bridgehead atoms. The van der Waals surface area contributed by atoms with Gasteiger partial charge in [0.1, 0.15) is 0 Å². The number of thiophene rings is 1. The van der Waals surface area contributed by atoms with Crippen LogP contribution in [0.25, 0.3) is 21.8 Å². The molecule has 6 heterocycles. The van der Waals surface area contributed by atoms with Crippen molar-refractivity contribution >= 4 is 17.3 Å². The van der Waals surface area contributed by atoms with Gasteiger partial charge in [-0.1, -0.05) is 18.2 Å². The van der Waals surface area contributed by atoms with Crippen molar-refractivity contribution in [3.05, 3.63) is 82.4 Å². The Morgan fingerprint density at radius 2 is 1.94 bits per heavy atom. The van der Waals surface area contributed by atoms with Gasteiger partial charge in [-0.25, -0.2) is 9.97 Å². The second kappa shape index (κ2) is 7.42. The molecule has 4 aromatic rings. The molecular formula is C24H21N5OS. The largest absolute Gasteiger partial charge is 0.340 e. The lowest BCUT2D eigenvalue weighted by molar-refractivity contribution is 0.279. The van der Waals surface area contributed by atoms with Crippen LogP contribution >= 0.6 is 11.3 Å². The molecule has 0 aromatic carbocycles. The van der Waals surface area contributed by atoms with E-state index in [2.05, 4.69) is 27.4 Å². The zero-order valence-corrected chi connectivity index (χ0v) is 17.7. The fourth-order valence-corrected chi connectivity index (χ4v) is 5.62. The molecule has 7 heteroatoms. The summed E-state index contributed by atoms with van der Waals surface area (Å²) in [5, 5.41) is 2.07. The summed E-state index contributed by atoms with van der Waals surface area (Å²) in [5.41, 5.74) is 3.99. The van der Waals surface area contributed by atoms with Gasteiger partial charge in [-0.2, -0.15) is 0 Å². The molecule has 4 aromatic heterocycles. The van der Waals surface area contributed by atoms with Gasteiger partial charge < -0.3 is 9.47 Å². The Morgan fingerprint density at radius 1 is 0.968 bits per heavy atom. The Morgan fingerprint density at radius 3 is 2.77 bits per heavy atom. The Kier molecular flexibility index (Phi) is 4.42. The maximum Gasteiger partial charge on any atom is 0.250 e. The number of anilines is 1. The molecule has 0 spiro atoms. The van der Waals surface area contributed by atoms with E-state index in [1.165, 1.54) is 0 Å². The van der Waals surface area contributed by atoms with E-state index in [0.717, 1.165) is 59.5 Å². The SMILES string of the molecule is O=c1cccc2n1CC1CC2CN(c2ncc(-c3ccccn3)c(-c3cccs3)n2)C1. The fourth-order valence-electron chi connectivity index (χ4n) is 4.90. The predicted octanol–water partition coefficient (Wildman–Crippen LogP) is 4.05. The molecule has 154 valence electrons. The maximum absolute atomic E-state index is 12.3. The molecule has 2 aliphatic heterocycles. The van der Waals surface area contributed by atoms with E-state index in [1.54, 1.807) is 23.6 Å². The van der Waals surface area contributed by atoms with Gasteiger partial charge in [0.15, 0.2) is 0 Å². The van der Waals surface area contributed by atoms with Crippen molar-refractivity contribution in [2.75, 3.05) is 18.0 Å². The van der Waals surface area contributed by atoms with Crippen LogP contribution < -0.4 is 10.5 Å². The summed E-state index contributed by atoms with van der Waals surface area (Å²) in [4.78, 5) is 30.0. The molecule has 2 unspecified atom stereocenters. The average Bonchev–Trinajstić information content (AvgIpc) is 3.35. The number of rotatable bonds is 3. The summed E-state index contributed by atoms with van der Waals surface area (Å²) in [6.45, 7) is 2.46. The smallest absolute Gasteiger partial charge is 0.250 e. The number of nitrogens with zero attached hydrogens (tertiary/aromatic N) is 5. The van der Waals surface area contributed by atoms with Crippen LogP contribution in [0.1, 0.15) is 18.0 Å². The number of pyridine rings is 2. The van der Waals surface area contributed by atoms with E-state index >= 15 is 0 Å². The predicted molar refractivity (Wildman–Crippen MR) is 122 cm³/mol. The molecule has 1 fully saturated rings. The van der Waals surface area contributed by atoms with Crippen molar-refractivity contribution < 1.29 is 0 Å². The van der Waals surface area contributed by atoms with Crippen molar-refractivity contribution in [3.8, 4) is 21.8 Å². The first-order chi connectivity index (χ1) is 15.3. The van der Waals surface area contributed by atoms with E-state index in [1.807, 2.05) is 41.1 Å². The Bertz CT molecular complexity index is 1290. The van der Waals surface area contributed by atoms with Crippen LogP contribution in [0, 0.1) is 5.92 Å². The third-order valence-corrected chi connectivity index (χ3v) is 7.11. The number of fused-ring (bicyclic) bond motifs is 4. The van der Waals surface area contributed by atoms with E-state index in [4.69, 9.17) is 9.97 Å². The lowest BCUT2D eigenvalue weighted by Gasteiger charge is -2.42. The van der Waals surface area contributed by atoms with Gasteiger partial charge in [-0.05, 0) is 42.0 Å². The lowest BCUT2D eigenvalue weighted by Crippen LogP contribution is -2.47. The summed E-state index contributed by atoms with van der Waals surface area (Å²) in [7, 11) is 0. The lowest BCUT2D eigenvalue weighted by atomic mass is 9.83. The Hall–Kier alpha value is -3.32. The van der Waals surface area contributed by atoms with Crippen LogP contribution in [0.4, 0.5) is 5.95 Å². The topological polar surface area (TPSA) is 63.9 Å². The number of hydrogen-bond acceptors (Lipinski definition) is 6. The highest BCUT2D eigenvalue weighted by Gasteiger charge is 2.35. The maximum atomic E-state index is 12.3. The number of piperidine rings is 1. The van der Waals surface area contributed by atoms with Gasteiger partial charge in [0, 0.05) is 55.3 Å². The molecule has 0 saturated carbocycles. The van der Waals surface area contributed by atoms with Crippen LogP contribution in [-0.4, -0.2) is 32.6 Å². The molecule has 0 radical (unpaired) electrons. The molecule has 0 amide bonds. The summed E-state index contributed by atoms with van der Waals surface area (Å²) < 4.78 is 1.96. The van der Waals surface area contributed by atoms with Gasteiger partial charge in [-0.15, -0.1) is 11.3 Å². The fraction of sp³-hybridized carbons (Fsp3) is 0.250. The minimum Gasteiger partial charge on any atom is -0.340 e. The van der Waals surface area contributed by atoms with E-state index in [0.29, 0.717) is 11.8 Å². The third kappa shape index (κ3) is 3.25. The summed E-state index contributed by atoms with van der Waals surface area (Å²) >= 11 is 1.67. The first kappa shape index (κ1) is 18.4. The van der Waals surface area contributed by atoms with Crippen LogP contribution in [0.15, 0.2) is 71.1 Å². The molecule has 6 rings (SSSR count). The quantitative estimate of drug-likeness (QED) is 0.494. The molecule has 31 heavy (non-hydrogen) atoms. The molecule has 0 N–H and O–H groups in total. The molecular weight excluding hydrogens is 406 g/mol.